The molecule has 4 aromatic rings. The van der Waals surface area contributed by atoms with Crippen LogP contribution >= 0.6 is 0 Å². The zero-order chi connectivity index (χ0) is 32.8. The van der Waals surface area contributed by atoms with Gasteiger partial charge >= 0.3 is 5.97 Å². The zero-order valence-corrected chi connectivity index (χ0v) is 27.8. The van der Waals surface area contributed by atoms with E-state index >= 15 is 0 Å². The topological polar surface area (TPSA) is 88.8 Å². The molecule has 1 heterocycles. The Labute approximate surface area is 272 Å². The molecule has 3 aromatic carbocycles. The Morgan fingerprint density at radius 1 is 0.891 bits per heavy atom. The molecule has 7 nitrogen and oxygen atoms in total. The van der Waals surface area contributed by atoms with Gasteiger partial charge in [0, 0.05) is 53.3 Å². The second-order valence-corrected chi connectivity index (χ2v) is 12.3. The molecule has 1 amide bonds. The molecule has 0 atom stereocenters. The van der Waals surface area contributed by atoms with E-state index in [-0.39, 0.29) is 24.1 Å². The van der Waals surface area contributed by atoms with Gasteiger partial charge in [-0.25, -0.2) is 0 Å². The van der Waals surface area contributed by atoms with Gasteiger partial charge < -0.3 is 19.4 Å². The number of fused-ring (bicyclic) bond motifs is 1. The van der Waals surface area contributed by atoms with Crippen LogP contribution in [0.5, 0.6) is 0 Å². The van der Waals surface area contributed by atoms with Crippen LogP contribution in [0.3, 0.4) is 0 Å². The highest BCUT2D eigenvalue weighted by Gasteiger charge is 2.36. The predicted molar refractivity (Wildman–Crippen MR) is 185 cm³/mol. The summed E-state index contributed by atoms with van der Waals surface area (Å²) in [5.74, 6) is 0.115. The summed E-state index contributed by atoms with van der Waals surface area (Å²) >= 11 is 0. The maximum absolute atomic E-state index is 13.8. The number of aryl methyl sites for hydroxylation is 1. The van der Waals surface area contributed by atoms with Crippen LogP contribution in [-0.4, -0.2) is 42.9 Å². The molecule has 1 fully saturated rings. The standard InChI is InChI=1S/C39H46N2O5/c1-6-33(42)36-31-23-30(32(41(7-2)8-3)24-34(31)46-37(36)27-18-16-26(5)17-19-27)28-14-13-15-29(22-28)38(44)40-39(20-11-10-12-21-39)25-35(43)45-9-4/h13-19,22-24H,6-12,20-21,25H2,1-5H3,(H,40,44). The monoisotopic (exact) mass is 622 g/mol. The molecule has 1 aliphatic rings. The molecule has 0 radical (unpaired) electrons. The minimum Gasteiger partial charge on any atom is -0.466 e. The van der Waals surface area contributed by atoms with E-state index in [4.69, 9.17) is 9.15 Å². The van der Waals surface area contributed by atoms with Gasteiger partial charge in [0.15, 0.2) is 5.78 Å². The van der Waals surface area contributed by atoms with E-state index in [2.05, 4.69) is 24.1 Å². The number of nitrogens with one attached hydrogen (secondary N) is 1. The number of rotatable bonds is 12. The first-order chi connectivity index (χ1) is 22.2. The van der Waals surface area contributed by atoms with Crippen molar-refractivity contribution in [2.24, 2.45) is 0 Å². The van der Waals surface area contributed by atoms with Crippen LogP contribution < -0.4 is 10.2 Å². The van der Waals surface area contributed by atoms with E-state index in [0.29, 0.717) is 35.5 Å². The second-order valence-electron chi connectivity index (χ2n) is 12.3. The van der Waals surface area contributed by atoms with Gasteiger partial charge in [0.25, 0.3) is 5.91 Å². The van der Waals surface area contributed by atoms with E-state index in [1.54, 1.807) is 6.92 Å². The molecular formula is C39H46N2O5. The van der Waals surface area contributed by atoms with Gasteiger partial charge in [0.2, 0.25) is 0 Å². The fourth-order valence-electron chi connectivity index (χ4n) is 6.75. The maximum atomic E-state index is 13.8. The molecule has 242 valence electrons. The first kappa shape index (κ1) is 33.0. The number of carbonyl (C=O) groups excluding carboxylic acids is 3. The summed E-state index contributed by atoms with van der Waals surface area (Å²) in [7, 11) is 0. The van der Waals surface area contributed by atoms with Gasteiger partial charge in [-0.2, -0.15) is 0 Å². The van der Waals surface area contributed by atoms with Crippen LogP contribution in [0, 0.1) is 6.92 Å². The Balaban J connectivity index is 1.60. The highest BCUT2D eigenvalue weighted by Crippen LogP contribution is 2.42. The number of ether oxygens (including phenoxy) is 1. The largest absolute Gasteiger partial charge is 0.466 e. The minimum atomic E-state index is -0.610. The number of benzene rings is 3. The molecule has 5 rings (SSSR count). The number of hydrogen-bond donors (Lipinski definition) is 1. The van der Waals surface area contributed by atoms with Crippen molar-refractivity contribution in [2.45, 2.75) is 85.1 Å². The second kappa shape index (κ2) is 14.4. The molecule has 0 unspecified atom stereocenters. The van der Waals surface area contributed by atoms with Crippen molar-refractivity contribution in [2.75, 3.05) is 24.6 Å². The van der Waals surface area contributed by atoms with Gasteiger partial charge in [-0.3, -0.25) is 14.4 Å². The predicted octanol–water partition coefficient (Wildman–Crippen LogP) is 8.90. The van der Waals surface area contributed by atoms with Crippen molar-refractivity contribution < 1.29 is 23.5 Å². The van der Waals surface area contributed by atoms with Crippen molar-refractivity contribution in [3.05, 3.63) is 77.4 Å². The van der Waals surface area contributed by atoms with Gasteiger partial charge in [-0.1, -0.05) is 68.1 Å². The third-order valence-electron chi connectivity index (χ3n) is 9.24. The van der Waals surface area contributed by atoms with E-state index in [9.17, 15) is 14.4 Å². The molecule has 1 saturated carbocycles. The third-order valence-corrected chi connectivity index (χ3v) is 9.24. The Morgan fingerprint density at radius 2 is 1.61 bits per heavy atom. The van der Waals surface area contributed by atoms with Gasteiger partial charge in [0.05, 0.1) is 24.1 Å². The molecule has 0 spiro atoms. The maximum Gasteiger partial charge on any atom is 0.308 e. The van der Waals surface area contributed by atoms with E-state index < -0.39 is 5.54 Å². The van der Waals surface area contributed by atoms with Gasteiger partial charge in [-0.05, 0) is 64.3 Å². The van der Waals surface area contributed by atoms with Crippen molar-refractivity contribution in [3.8, 4) is 22.5 Å². The number of hydrogen-bond acceptors (Lipinski definition) is 6. The number of amides is 1. The molecular weight excluding hydrogens is 576 g/mol. The number of anilines is 1. The molecule has 0 aliphatic heterocycles. The summed E-state index contributed by atoms with van der Waals surface area (Å²) in [4.78, 5) is 42.1. The lowest BCUT2D eigenvalue weighted by atomic mass is 9.79. The first-order valence-corrected chi connectivity index (χ1v) is 16.8. The summed E-state index contributed by atoms with van der Waals surface area (Å²) in [6.45, 7) is 11.8. The summed E-state index contributed by atoms with van der Waals surface area (Å²) < 4.78 is 11.7. The minimum absolute atomic E-state index is 0.0170. The summed E-state index contributed by atoms with van der Waals surface area (Å²) in [6, 6.07) is 19.7. The number of Topliss-reactive ketones (excluding diaryl/α,β-unsaturated/α-hetero) is 1. The highest BCUT2D eigenvalue weighted by molar-refractivity contribution is 6.13. The average molecular weight is 623 g/mol. The van der Waals surface area contributed by atoms with Crippen molar-refractivity contribution in [3.63, 3.8) is 0 Å². The third kappa shape index (κ3) is 6.88. The number of furan rings is 1. The fraction of sp³-hybridized carbons (Fsp3) is 0.410. The average Bonchev–Trinajstić information content (AvgIpc) is 3.44. The molecule has 0 saturated heterocycles. The SMILES string of the molecule is CCOC(=O)CC1(NC(=O)c2cccc(-c3cc4c(C(=O)CC)c(-c5ccc(C)cc5)oc4cc3N(CC)CC)c2)CCCCC1. The Hall–Kier alpha value is -4.39. The van der Waals surface area contributed by atoms with E-state index in [1.165, 1.54) is 0 Å². The quantitative estimate of drug-likeness (QED) is 0.125. The van der Waals surface area contributed by atoms with Crippen molar-refractivity contribution in [1.29, 1.82) is 0 Å². The zero-order valence-electron chi connectivity index (χ0n) is 27.8. The van der Waals surface area contributed by atoms with Crippen LogP contribution in [0.15, 0.2) is 65.1 Å². The molecule has 0 bridgehead atoms. The molecule has 1 aliphatic carbocycles. The number of carbonyl (C=O) groups is 3. The Morgan fingerprint density at radius 3 is 2.26 bits per heavy atom. The van der Waals surface area contributed by atoms with E-state index in [1.807, 2.05) is 74.5 Å². The lowest BCUT2D eigenvalue weighted by Crippen LogP contribution is -2.51. The normalized spacial score (nSPS) is 14.2. The molecule has 1 N–H and O–H groups in total. The first-order valence-electron chi connectivity index (χ1n) is 16.8. The summed E-state index contributed by atoms with van der Waals surface area (Å²) in [5, 5.41) is 4.02. The van der Waals surface area contributed by atoms with Crippen LogP contribution in [0.1, 0.15) is 98.9 Å². The number of ketones is 1. The fourth-order valence-corrected chi connectivity index (χ4v) is 6.75. The van der Waals surface area contributed by atoms with Gasteiger partial charge in [0.1, 0.15) is 11.3 Å². The highest BCUT2D eigenvalue weighted by atomic mass is 16.5. The lowest BCUT2D eigenvalue weighted by molar-refractivity contribution is -0.145. The van der Waals surface area contributed by atoms with Crippen LogP contribution in [-0.2, 0) is 9.53 Å². The smallest absolute Gasteiger partial charge is 0.308 e. The Bertz CT molecular complexity index is 1710. The van der Waals surface area contributed by atoms with Crippen LogP contribution in [0.25, 0.3) is 33.4 Å². The van der Waals surface area contributed by atoms with Crippen LogP contribution in [0.4, 0.5) is 5.69 Å². The number of nitrogens with zero attached hydrogens (tertiary/aromatic N) is 1. The molecule has 1 aromatic heterocycles. The van der Waals surface area contributed by atoms with Crippen LogP contribution in [0.2, 0.25) is 0 Å². The summed E-state index contributed by atoms with van der Waals surface area (Å²) in [6.07, 6.45) is 5.03. The Kier molecular flexibility index (Phi) is 10.3. The van der Waals surface area contributed by atoms with Gasteiger partial charge in [-0.15, -0.1) is 0 Å². The number of esters is 1. The van der Waals surface area contributed by atoms with Crippen molar-refractivity contribution >= 4 is 34.3 Å². The van der Waals surface area contributed by atoms with Crippen molar-refractivity contribution in [1.82, 2.24) is 5.32 Å². The lowest BCUT2D eigenvalue weighted by Gasteiger charge is -2.37. The summed E-state index contributed by atoms with van der Waals surface area (Å²) in [5.41, 5.74) is 5.91. The molecule has 46 heavy (non-hydrogen) atoms. The molecule has 7 heteroatoms. The van der Waals surface area contributed by atoms with E-state index in [0.717, 1.165) is 78.5 Å².